The van der Waals surface area contributed by atoms with Crippen molar-refractivity contribution in [1.29, 1.82) is 0 Å². The Kier molecular flexibility index (Phi) is 5.51. The number of anilines is 1. The highest BCUT2D eigenvalue weighted by atomic mass is 16.5. The second kappa shape index (κ2) is 8.59. The quantitative estimate of drug-likeness (QED) is 0.583. The smallest absolute Gasteiger partial charge is 0.337 e. The lowest BCUT2D eigenvalue weighted by Crippen LogP contribution is -2.57. The van der Waals surface area contributed by atoms with Crippen LogP contribution in [0.3, 0.4) is 0 Å². The molecule has 2 aliphatic heterocycles. The van der Waals surface area contributed by atoms with E-state index < -0.39 is 0 Å². The number of carbonyl (C=O) groups excluding carboxylic acids is 1. The largest absolute Gasteiger partial charge is 0.493 e. The van der Waals surface area contributed by atoms with Crippen molar-refractivity contribution in [2.75, 3.05) is 44.8 Å². The van der Waals surface area contributed by atoms with E-state index in [-0.39, 0.29) is 5.97 Å². The van der Waals surface area contributed by atoms with Crippen LogP contribution in [0.15, 0.2) is 53.1 Å². The standard InChI is InChI=1S/C24H27N3O4/c1-29-24(28)18-5-4-6-20(13-18)30-16-17-9-10-19-15-27(12-11-26(19)14-17)23-21-7-2-3-8-22(21)31-25-23/h2-8,13,17,19H,9-12,14-16H2,1H3/t17-,19-/m1/s1. The molecule has 2 fully saturated rings. The zero-order chi connectivity index (χ0) is 21.2. The minimum atomic E-state index is -0.344. The zero-order valence-corrected chi connectivity index (χ0v) is 17.7. The fraction of sp³-hybridized carbons (Fsp3) is 0.417. The molecular formula is C24H27N3O4. The average Bonchev–Trinajstić information content (AvgIpc) is 3.26. The van der Waals surface area contributed by atoms with Crippen molar-refractivity contribution < 1.29 is 18.8 Å². The minimum absolute atomic E-state index is 0.344. The maximum Gasteiger partial charge on any atom is 0.337 e. The van der Waals surface area contributed by atoms with Crippen LogP contribution in [0.25, 0.3) is 11.0 Å². The van der Waals surface area contributed by atoms with Crippen molar-refractivity contribution in [3.05, 3.63) is 54.1 Å². The molecule has 5 rings (SSSR count). The van der Waals surface area contributed by atoms with E-state index in [0.29, 0.717) is 29.9 Å². The Bertz CT molecular complexity index is 1070. The molecule has 1 aromatic heterocycles. The van der Waals surface area contributed by atoms with Gasteiger partial charge in [-0.25, -0.2) is 4.79 Å². The van der Waals surface area contributed by atoms with E-state index in [1.807, 2.05) is 30.3 Å². The number of esters is 1. The molecule has 0 amide bonds. The number of piperazine rings is 1. The molecule has 3 heterocycles. The number of carbonyl (C=O) groups is 1. The Balaban J connectivity index is 1.17. The first-order valence-corrected chi connectivity index (χ1v) is 10.9. The molecule has 31 heavy (non-hydrogen) atoms. The van der Waals surface area contributed by atoms with E-state index in [4.69, 9.17) is 14.0 Å². The molecule has 2 saturated heterocycles. The summed E-state index contributed by atoms with van der Waals surface area (Å²) >= 11 is 0. The first kappa shape index (κ1) is 19.9. The van der Waals surface area contributed by atoms with Gasteiger partial charge in [0.05, 0.1) is 24.7 Å². The van der Waals surface area contributed by atoms with Crippen molar-refractivity contribution in [2.45, 2.75) is 18.9 Å². The number of nitrogens with zero attached hydrogens (tertiary/aromatic N) is 3. The van der Waals surface area contributed by atoms with Crippen molar-refractivity contribution in [3.8, 4) is 5.75 Å². The molecule has 2 aromatic carbocycles. The lowest BCUT2D eigenvalue weighted by Gasteiger charge is -2.46. The first-order valence-electron chi connectivity index (χ1n) is 10.9. The second-order valence-corrected chi connectivity index (χ2v) is 8.37. The van der Waals surface area contributed by atoms with Gasteiger partial charge in [0, 0.05) is 38.1 Å². The van der Waals surface area contributed by atoms with Gasteiger partial charge in [-0.2, -0.15) is 0 Å². The molecule has 0 radical (unpaired) electrons. The second-order valence-electron chi connectivity index (χ2n) is 8.37. The monoisotopic (exact) mass is 421 g/mol. The van der Waals surface area contributed by atoms with Crippen LogP contribution in [0.4, 0.5) is 5.82 Å². The van der Waals surface area contributed by atoms with Crippen LogP contribution in [0.5, 0.6) is 5.75 Å². The molecule has 3 aromatic rings. The molecule has 0 aliphatic carbocycles. The van der Waals surface area contributed by atoms with E-state index in [1.54, 1.807) is 12.1 Å². The van der Waals surface area contributed by atoms with Crippen LogP contribution in [-0.4, -0.2) is 62.0 Å². The molecule has 7 heteroatoms. The Morgan fingerprint density at radius 3 is 2.94 bits per heavy atom. The van der Waals surface area contributed by atoms with Gasteiger partial charge in [0.25, 0.3) is 0 Å². The predicted molar refractivity (Wildman–Crippen MR) is 118 cm³/mol. The van der Waals surface area contributed by atoms with Gasteiger partial charge < -0.3 is 18.9 Å². The van der Waals surface area contributed by atoms with E-state index in [0.717, 1.165) is 55.8 Å². The summed E-state index contributed by atoms with van der Waals surface area (Å²) in [5.74, 6) is 1.82. The summed E-state index contributed by atoms with van der Waals surface area (Å²) in [5.41, 5.74) is 1.36. The van der Waals surface area contributed by atoms with Crippen LogP contribution in [-0.2, 0) is 4.74 Å². The highest BCUT2D eigenvalue weighted by Gasteiger charge is 2.34. The summed E-state index contributed by atoms with van der Waals surface area (Å²) in [5, 5.41) is 5.43. The fourth-order valence-electron chi connectivity index (χ4n) is 4.73. The van der Waals surface area contributed by atoms with Crippen LogP contribution in [0, 0.1) is 5.92 Å². The Morgan fingerprint density at radius 1 is 1.13 bits per heavy atom. The van der Waals surface area contributed by atoms with Gasteiger partial charge >= 0.3 is 5.97 Å². The lowest BCUT2D eigenvalue weighted by molar-refractivity contribution is 0.0599. The summed E-state index contributed by atoms with van der Waals surface area (Å²) in [7, 11) is 1.39. The van der Waals surface area contributed by atoms with Gasteiger partial charge in [0.2, 0.25) is 0 Å². The maximum atomic E-state index is 11.7. The van der Waals surface area contributed by atoms with Gasteiger partial charge in [0.1, 0.15) is 5.75 Å². The van der Waals surface area contributed by atoms with Gasteiger partial charge in [0.15, 0.2) is 11.4 Å². The Labute approximate surface area is 181 Å². The van der Waals surface area contributed by atoms with Crippen LogP contribution >= 0.6 is 0 Å². The normalized spacial score (nSPS) is 21.6. The number of hydrogen-bond donors (Lipinski definition) is 0. The van der Waals surface area contributed by atoms with Crippen molar-refractivity contribution in [2.24, 2.45) is 5.92 Å². The van der Waals surface area contributed by atoms with Gasteiger partial charge in [-0.3, -0.25) is 4.90 Å². The molecule has 0 saturated carbocycles. The molecule has 0 N–H and O–H groups in total. The summed E-state index contributed by atoms with van der Waals surface area (Å²) < 4.78 is 16.3. The predicted octanol–water partition coefficient (Wildman–Crippen LogP) is 3.59. The lowest BCUT2D eigenvalue weighted by atomic mass is 9.91. The summed E-state index contributed by atoms with van der Waals surface area (Å²) in [6.45, 7) is 4.63. The fourth-order valence-corrected chi connectivity index (χ4v) is 4.73. The number of hydrogen-bond acceptors (Lipinski definition) is 7. The third-order valence-corrected chi connectivity index (χ3v) is 6.40. The van der Waals surface area contributed by atoms with E-state index in [2.05, 4.69) is 21.0 Å². The number of aromatic nitrogens is 1. The summed E-state index contributed by atoms with van der Waals surface area (Å²) in [6.07, 6.45) is 2.27. The van der Waals surface area contributed by atoms with E-state index in [1.165, 1.54) is 7.11 Å². The molecule has 0 bridgehead atoms. The number of methoxy groups -OCH3 is 1. The third-order valence-electron chi connectivity index (χ3n) is 6.40. The molecule has 2 aliphatic rings. The Hall–Kier alpha value is -3.06. The van der Waals surface area contributed by atoms with Crippen LogP contribution in [0.2, 0.25) is 0 Å². The Morgan fingerprint density at radius 2 is 2.03 bits per heavy atom. The topological polar surface area (TPSA) is 68.0 Å². The van der Waals surface area contributed by atoms with E-state index in [9.17, 15) is 4.79 Å². The molecule has 0 spiro atoms. The van der Waals surface area contributed by atoms with Gasteiger partial charge in [-0.05, 0) is 43.2 Å². The van der Waals surface area contributed by atoms with Crippen molar-refractivity contribution >= 4 is 22.8 Å². The molecule has 2 atom stereocenters. The molecule has 7 nitrogen and oxygen atoms in total. The minimum Gasteiger partial charge on any atom is -0.493 e. The van der Waals surface area contributed by atoms with Crippen LogP contribution in [0.1, 0.15) is 23.2 Å². The highest BCUT2D eigenvalue weighted by molar-refractivity contribution is 5.89. The molecule has 0 unspecified atom stereocenters. The molecule has 162 valence electrons. The zero-order valence-electron chi connectivity index (χ0n) is 17.7. The number of rotatable bonds is 5. The molecular weight excluding hydrogens is 394 g/mol. The third kappa shape index (κ3) is 4.10. The van der Waals surface area contributed by atoms with Crippen molar-refractivity contribution in [3.63, 3.8) is 0 Å². The van der Waals surface area contributed by atoms with Crippen LogP contribution < -0.4 is 9.64 Å². The highest BCUT2D eigenvalue weighted by Crippen LogP contribution is 2.31. The first-order chi connectivity index (χ1) is 15.2. The van der Waals surface area contributed by atoms with Gasteiger partial charge in [-0.1, -0.05) is 23.4 Å². The van der Waals surface area contributed by atoms with Gasteiger partial charge in [-0.15, -0.1) is 0 Å². The summed E-state index contributed by atoms with van der Waals surface area (Å²) in [6, 6.07) is 15.8. The maximum absolute atomic E-state index is 11.7. The summed E-state index contributed by atoms with van der Waals surface area (Å²) in [4.78, 5) is 16.7. The number of ether oxygens (including phenoxy) is 2. The number of piperidine rings is 1. The number of benzene rings is 2. The number of para-hydroxylation sites is 1. The van der Waals surface area contributed by atoms with Crippen molar-refractivity contribution in [1.82, 2.24) is 10.1 Å². The average molecular weight is 421 g/mol. The van der Waals surface area contributed by atoms with E-state index >= 15 is 0 Å². The SMILES string of the molecule is COC(=O)c1cccc(OC[C@@H]2CC[C@@H]3CN(c4noc5ccccc45)CCN3C2)c1. The number of fused-ring (bicyclic) bond motifs is 2.